The molecular weight excluding hydrogens is 398 g/mol. The van der Waals surface area contributed by atoms with Crippen molar-refractivity contribution >= 4 is 64.7 Å². The van der Waals surface area contributed by atoms with Gasteiger partial charge >= 0.3 is 0 Å². The number of ether oxygens (including phenoxy) is 1. The number of aromatic nitrogens is 2. The maximum Gasteiger partial charge on any atom is 0.270 e. The number of nitrogens with one attached hydrogen (secondary N) is 1. The number of fused-ring (bicyclic) bond motifs is 2. The van der Waals surface area contributed by atoms with Crippen molar-refractivity contribution in [2.75, 3.05) is 36.5 Å². The van der Waals surface area contributed by atoms with Crippen LogP contribution >= 0.6 is 22.7 Å². The van der Waals surface area contributed by atoms with E-state index in [0.29, 0.717) is 5.13 Å². The van der Waals surface area contributed by atoms with Crippen molar-refractivity contribution < 1.29 is 9.66 Å². The summed E-state index contributed by atoms with van der Waals surface area (Å²) in [4.78, 5) is 22.0. The number of morpholine rings is 1. The van der Waals surface area contributed by atoms with Gasteiger partial charge in [0.1, 0.15) is 0 Å². The molecule has 4 aromatic rings. The molecule has 8 nitrogen and oxygen atoms in total. The molecule has 5 rings (SSSR count). The quantitative estimate of drug-likeness (QED) is 0.392. The molecule has 142 valence electrons. The summed E-state index contributed by atoms with van der Waals surface area (Å²) in [5, 5.41) is 16.0. The smallest absolute Gasteiger partial charge is 0.270 e. The molecule has 1 aliphatic heterocycles. The molecule has 0 saturated carbocycles. The summed E-state index contributed by atoms with van der Waals surface area (Å²) >= 11 is 3.06. The summed E-state index contributed by atoms with van der Waals surface area (Å²) in [6, 6.07) is 10.7. The second-order valence-electron chi connectivity index (χ2n) is 6.33. The van der Waals surface area contributed by atoms with Crippen LogP contribution in [0.4, 0.5) is 21.6 Å². The minimum Gasteiger partial charge on any atom is -0.378 e. The summed E-state index contributed by atoms with van der Waals surface area (Å²) in [7, 11) is 0. The number of hydrogen-bond acceptors (Lipinski definition) is 9. The number of rotatable bonds is 4. The first kappa shape index (κ1) is 17.3. The fraction of sp³-hybridized carbons (Fsp3) is 0.222. The number of nitro benzene ring substituents is 1. The number of thiazole rings is 2. The first-order valence-corrected chi connectivity index (χ1v) is 10.3. The van der Waals surface area contributed by atoms with Gasteiger partial charge in [0.25, 0.3) is 5.69 Å². The summed E-state index contributed by atoms with van der Waals surface area (Å²) < 4.78 is 7.29. The van der Waals surface area contributed by atoms with Crippen molar-refractivity contribution in [3.63, 3.8) is 0 Å². The lowest BCUT2D eigenvalue weighted by Crippen LogP contribution is -2.36. The van der Waals surface area contributed by atoms with Crippen LogP contribution in [0.25, 0.3) is 20.4 Å². The fourth-order valence-corrected chi connectivity index (χ4v) is 5.06. The first-order valence-electron chi connectivity index (χ1n) is 8.71. The van der Waals surface area contributed by atoms with Crippen LogP contribution in [0.1, 0.15) is 0 Å². The first-order chi connectivity index (χ1) is 13.7. The van der Waals surface area contributed by atoms with Crippen LogP contribution in [-0.4, -0.2) is 41.2 Å². The lowest BCUT2D eigenvalue weighted by molar-refractivity contribution is -0.384. The van der Waals surface area contributed by atoms with Gasteiger partial charge in [-0.2, -0.15) is 0 Å². The molecule has 0 aliphatic carbocycles. The molecule has 0 unspecified atom stereocenters. The SMILES string of the molecule is O=[N+]([O-])c1ccc2nc(Nc3ccc4nc(N5CCOCC5)sc4c3)sc2c1. The molecule has 1 saturated heterocycles. The van der Waals surface area contributed by atoms with E-state index in [4.69, 9.17) is 9.72 Å². The predicted octanol–water partition coefficient (Wildman–Crippen LogP) is 4.39. The van der Waals surface area contributed by atoms with Gasteiger partial charge in [0.15, 0.2) is 10.3 Å². The molecule has 0 amide bonds. The van der Waals surface area contributed by atoms with Crippen LogP contribution in [0.2, 0.25) is 0 Å². The van der Waals surface area contributed by atoms with Gasteiger partial charge in [-0.05, 0) is 24.3 Å². The normalized spacial score (nSPS) is 14.6. The molecule has 10 heteroatoms. The van der Waals surface area contributed by atoms with E-state index in [-0.39, 0.29) is 5.69 Å². The van der Waals surface area contributed by atoms with Crippen molar-refractivity contribution in [1.29, 1.82) is 0 Å². The molecule has 1 N–H and O–H groups in total. The Morgan fingerprint density at radius 1 is 1.04 bits per heavy atom. The molecule has 0 radical (unpaired) electrons. The standard InChI is InChI=1S/C18H15N5O3S2/c24-23(25)12-2-4-13-16(10-12)27-17(20-13)19-11-1-3-14-15(9-11)28-18(21-14)22-5-7-26-8-6-22/h1-4,9-10H,5-8H2,(H,19,20). The molecule has 0 spiro atoms. The third kappa shape index (κ3) is 3.26. The summed E-state index contributed by atoms with van der Waals surface area (Å²) in [6.45, 7) is 3.20. The van der Waals surface area contributed by atoms with E-state index in [1.54, 1.807) is 23.5 Å². The van der Waals surface area contributed by atoms with Crippen molar-refractivity contribution in [2.45, 2.75) is 0 Å². The van der Waals surface area contributed by atoms with Crippen LogP contribution in [-0.2, 0) is 4.74 Å². The van der Waals surface area contributed by atoms with Gasteiger partial charge in [-0.3, -0.25) is 10.1 Å². The predicted molar refractivity (Wildman–Crippen MR) is 112 cm³/mol. The fourth-order valence-electron chi connectivity index (χ4n) is 3.08. The highest BCUT2D eigenvalue weighted by molar-refractivity contribution is 7.22. The Morgan fingerprint density at radius 2 is 1.79 bits per heavy atom. The minimum atomic E-state index is -0.393. The molecule has 28 heavy (non-hydrogen) atoms. The number of anilines is 3. The second-order valence-corrected chi connectivity index (χ2v) is 8.37. The van der Waals surface area contributed by atoms with Gasteiger partial charge in [-0.25, -0.2) is 9.97 Å². The Morgan fingerprint density at radius 3 is 2.61 bits per heavy atom. The maximum absolute atomic E-state index is 10.9. The number of benzene rings is 2. The lowest BCUT2D eigenvalue weighted by Gasteiger charge is -2.25. The Kier molecular flexibility index (Phi) is 4.30. The highest BCUT2D eigenvalue weighted by Crippen LogP contribution is 2.34. The molecule has 0 atom stereocenters. The summed E-state index contributed by atoms with van der Waals surface area (Å²) in [6.07, 6.45) is 0. The van der Waals surface area contributed by atoms with Gasteiger partial charge in [0.2, 0.25) is 0 Å². The average molecular weight is 413 g/mol. The summed E-state index contributed by atoms with van der Waals surface area (Å²) in [5.41, 5.74) is 2.70. The largest absolute Gasteiger partial charge is 0.378 e. The Labute approximate surface area is 167 Å². The van der Waals surface area contributed by atoms with Gasteiger partial charge < -0.3 is 15.0 Å². The van der Waals surface area contributed by atoms with E-state index in [1.165, 1.54) is 17.4 Å². The highest BCUT2D eigenvalue weighted by Gasteiger charge is 2.16. The number of hydrogen-bond donors (Lipinski definition) is 1. The van der Waals surface area contributed by atoms with E-state index in [1.807, 2.05) is 12.1 Å². The maximum atomic E-state index is 10.9. The number of nitrogens with zero attached hydrogens (tertiary/aromatic N) is 4. The monoisotopic (exact) mass is 413 g/mol. The van der Waals surface area contributed by atoms with E-state index in [2.05, 4.69) is 21.3 Å². The Hall–Kier alpha value is -2.82. The molecule has 1 fully saturated rings. The van der Waals surface area contributed by atoms with Gasteiger partial charge in [0, 0.05) is 30.9 Å². The molecule has 2 aromatic carbocycles. The van der Waals surface area contributed by atoms with Crippen LogP contribution < -0.4 is 10.2 Å². The number of non-ortho nitro benzene ring substituents is 1. The van der Waals surface area contributed by atoms with E-state index in [9.17, 15) is 10.1 Å². The van der Waals surface area contributed by atoms with Crippen LogP contribution in [0, 0.1) is 10.1 Å². The third-order valence-electron chi connectivity index (χ3n) is 4.49. The zero-order chi connectivity index (χ0) is 19.1. The molecule has 2 aromatic heterocycles. The molecule has 1 aliphatic rings. The molecular formula is C18H15N5O3S2. The van der Waals surface area contributed by atoms with Gasteiger partial charge in [0.05, 0.1) is 38.6 Å². The second kappa shape index (κ2) is 6.97. The Bertz CT molecular complexity index is 1180. The van der Waals surface area contributed by atoms with Crippen molar-refractivity contribution in [3.05, 3.63) is 46.5 Å². The molecule has 0 bridgehead atoms. The van der Waals surface area contributed by atoms with Gasteiger partial charge in [-0.15, -0.1) is 0 Å². The third-order valence-corrected chi connectivity index (χ3v) is 6.51. The van der Waals surface area contributed by atoms with Crippen LogP contribution in [0.3, 0.4) is 0 Å². The zero-order valence-corrected chi connectivity index (χ0v) is 16.3. The highest BCUT2D eigenvalue weighted by atomic mass is 32.1. The zero-order valence-electron chi connectivity index (χ0n) is 14.6. The lowest BCUT2D eigenvalue weighted by atomic mass is 10.3. The van der Waals surface area contributed by atoms with Crippen molar-refractivity contribution in [2.24, 2.45) is 0 Å². The van der Waals surface area contributed by atoms with Gasteiger partial charge in [-0.1, -0.05) is 22.7 Å². The van der Waals surface area contributed by atoms with Crippen molar-refractivity contribution in [3.8, 4) is 0 Å². The minimum absolute atomic E-state index is 0.0735. The van der Waals surface area contributed by atoms with E-state index < -0.39 is 4.92 Å². The molecule has 3 heterocycles. The van der Waals surface area contributed by atoms with Crippen LogP contribution in [0.15, 0.2) is 36.4 Å². The van der Waals surface area contributed by atoms with Crippen LogP contribution in [0.5, 0.6) is 0 Å². The topological polar surface area (TPSA) is 93.4 Å². The summed E-state index contributed by atoms with van der Waals surface area (Å²) in [5.74, 6) is 0. The number of nitro groups is 1. The Balaban J connectivity index is 1.41. The van der Waals surface area contributed by atoms with E-state index >= 15 is 0 Å². The average Bonchev–Trinajstić information content (AvgIpc) is 3.31. The van der Waals surface area contributed by atoms with Crippen molar-refractivity contribution in [1.82, 2.24) is 9.97 Å². The van der Waals surface area contributed by atoms with E-state index in [0.717, 1.165) is 57.6 Å².